The molecule has 1 atom stereocenters. The predicted molar refractivity (Wildman–Crippen MR) is 109 cm³/mol. The Kier molecular flexibility index (Phi) is 5.92. The zero-order valence-corrected chi connectivity index (χ0v) is 16.0. The molecule has 0 radical (unpaired) electrons. The number of fused-ring (bicyclic) bond motifs is 1. The van der Waals surface area contributed by atoms with E-state index in [0.29, 0.717) is 29.1 Å². The third kappa shape index (κ3) is 4.43. The van der Waals surface area contributed by atoms with Crippen molar-refractivity contribution in [2.24, 2.45) is 0 Å². The minimum Gasteiger partial charge on any atom is -0.483 e. The van der Waals surface area contributed by atoms with Gasteiger partial charge in [-0.2, -0.15) is 0 Å². The van der Waals surface area contributed by atoms with Gasteiger partial charge in [-0.1, -0.05) is 18.2 Å². The lowest BCUT2D eigenvalue weighted by Gasteiger charge is -2.28. The fraction of sp³-hybridized carbons (Fsp3) is 0.238. The SMILES string of the molecule is C=CCc1cc([N+](=O)[O-])ccc1OCC(=O)N1c2ccccc2NC(=O)C[C@H]1C. The lowest BCUT2D eigenvalue weighted by atomic mass is 10.1. The molecule has 8 heteroatoms. The molecule has 0 saturated carbocycles. The Labute approximate surface area is 167 Å². The third-order valence-corrected chi connectivity index (χ3v) is 4.60. The molecule has 0 saturated heterocycles. The third-order valence-electron chi connectivity index (χ3n) is 4.60. The molecule has 0 aromatic heterocycles. The number of amides is 2. The molecule has 3 rings (SSSR count). The maximum atomic E-state index is 13.0. The van der Waals surface area contributed by atoms with Crippen LogP contribution in [0.5, 0.6) is 5.75 Å². The minimum absolute atomic E-state index is 0.0554. The molecule has 1 N–H and O–H groups in total. The Hall–Kier alpha value is -3.68. The average Bonchev–Trinajstić information content (AvgIpc) is 2.81. The first kappa shape index (κ1) is 20.1. The van der Waals surface area contributed by atoms with Gasteiger partial charge in [-0.05, 0) is 31.5 Å². The van der Waals surface area contributed by atoms with Crippen LogP contribution in [0.2, 0.25) is 0 Å². The van der Waals surface area contributed by atoms with Gasteiger partial charge in [0.05, 0.1) is 16.3 Å². The van der Waals surface area contributed by atoms with E-state index in [1.165, 1.54) is 18.2 Å². The van der Waals surface area contributed by atoms with Crippen LogP contribution in [-0.4, -0.2) is 29.4 Å². The minimum atomic E-state index is -0.485. The van der Waals surface area contributed by atoms with Crippen LogP contribution < -0.4 is 15.0 Å². The number of allylic oxidation sites excluding steroid dienone is 1. The Balaban J connectivity index is 1.83. The van der Waals surface area contributed by atoms with E-state index in [0.717, 1.165) is 0 Å². The Morgan fingerprint density at radius 1 is 1.38 bits per heavy atom. The molecular weight excluding hydrogens is 374 g/mol. The number of benzene rings is 2. The molecular formula is C21H21N3O5. The second-order valence-electron chi connectivity index (χ2n) is 6.71. The second kappa shape index (κ2) is 8.55. The first-order chi connectivity index (χ1) is 13.9. The molecule has 0 bridgehead atoms. The molecule has 150 valence electrons. The number of rotatable bonds is 6. The van der Waals surface area contributed by atoms with Gasteiger partial charge in [-0.3, -0.25) is 19.7 Å². The highest BCUT2D eigenvalue weighted by atomic mass is 16.6. The molecule has 29 heavy (non-hydrogen) atoms. The number of nitrogens with zero attached hydrogens (tertiary/aromatic N) is 2. The van der Waals surface area contributed by atoms with Crippen LogP contribution in [0.3, 0.4) is 0 Å². The summed E-state index contributed by atoms with van der Waals surface area (Å²) >= 11 is 0. The molecule has 2 aromatic carbocycles. The van der Waals surface area contributed by atoms with E-state index < -0.39 is 4.92 Å². The highest BCUT2D eigenvalue weighted by Gasteiger charge is 2.29. The van der Waals surface area contributed by atoms with Gasteiger partial charge in [0.15, 0.2) is 6.61 Å². The molecule has 1 aliphatic rings. The fourth-order valence-electron chi connectivity index (χ4n) is 3.31. The number of carbonyl (C=O) groups excluding carboxylic acids is 2. The normalized spacial score (nSPS) is 15.7. The lowest BCUT2D eigenvalue weighted by Crippen LogP contribution is -2.41. The van der Waals surface area contributed by atoms with E-state index in [4.69, 9.17) is 4.74 Å². The van der Waals surface area contributed by atoms with Crippen LogP contribution in [0.1, 0.15) is 18.9 Å². The number of nitrogens with one attached hydrogen (secondary N) is 1. The first-order valence-corrected chi connectivity index (χ1v) is 9.12. The van der Waals surface area contributed by atoms with Gasteiger partial charge >= 0.3 is 0 Å². The summed E-state index contributed by atoms with van der Waals surface area (Å²) < 4.78 is 5.70. The van der Waals surface area contributed by atoms with Crippen LogP contribution in [0.15, 0.2) is 55.1 Å². The van der Waals surface area contributed by atoms with E-state index in [9.17, 15) is 19.7 Å². The molecule has 1 heterocycles. The fourth-order valence-corrected chi connectivity index (χ4v) is 3.31. The van der Waals surface area contributed by atoms with Gasteiger partial charge in [0.25, 0.3) is 11.6 Å². The topological polar surface area (TPSA) is 102 Å². The summed E-state index contributed by atoms with van der Waals surface area (Å²) in [5, 5.41) is 13.8. The maximum absolute atomic E-state index is 13.0. The van der Waals surface area contributed by atoms with E-state index in [2.05, 4.69) is 11.9 Å². The van der Waals surface area contributed by atoms with Crippen molar-refractivity contribution in [2.45, 2.75) is 25.8 Å². The Morgan fingerprint density at radius 2 is 2.14 bits per heavy atom. The van der Waals surface area contributed by atoms with Crippen molar-refractivity contribution >= 4 is 28.9 Å². The molecule has 0 unspecified atom stereocenters. The number of hydrogen-bond acceptors (Lipinski definition) is 5. The molecule has 0 aliphatic carbocycles. The van der Waals surface area contributed by atoms with Crippen LogP contribution >= 0.6 is 0 Å². The molecule has 2 amide bonds. The van der Waals surface area contributed by atoms with Crippen molar-refractivity contribution in [2.75, 3.05) is 16.8 Å². The number of ether oxygens (including phenoxy) is 1. The number of non-ortho nitro benzene ring substituents is 1. The maximum Gasteiger partial charge on any atom is 0.269 e. The number of para-hydroxylation sites is 2. The number of carbonyl (C=O) groups is 2. The van der Waals surface area contributed by atoms with E-state index in [1.54, 1.807) is 42.2 Å². The average molecular weight is 395 g/mol. The van der Waals surface area contributed by atoms with E-state index in [1.807, 2.05) is 0 Å². The van der Waals surface area contributed by atoms with Gasteiger partial charge in [-0.15, -0.1) is 6.58 Å². The van der Waals surface area contributed by atoms with E-state index in [-0.39, 0.29) is 36.6 Å². The number of anilines is 2. The standard InChI is InChI=1S/C21H21N3O5/c1-3-6-15-12-16(24(27)28)9-10-19(15)29-13-21(26)23-14(2)11-20(25)22-17-7-4-5-8-18(17)23/h3-5,7-10,12,14H,1,6,11,13H2,2H3,(H,22,25)/t14-/m1/s1. The van der Waals surface area contributed by atoms with Crippen molar-refractivity contribution < 1.29 is 19.2 Å². The van der Waals surface area contributed by atoms with Gasteiger partial charge in [0, 0.05) is 30.2 Å². The quantitative estimate of drug-likeness (QED) is 0.458. The highest BCUT2D eigenvalue weighted by molar-refractivity contribution is 6.04. The summed E-state index contributed by atoms with van der Waals surface area (Å²) in [6.45, 7) is 5.18. The van der Waals surface area contributed by atoms with Crippen molar-refractivity contribution in [1.29, 1.82) is 0 Å². The zero-order valence-electron chi connectivity index (χ0n) is 16.0. The number of hydrogen-bond donors (Lipinski definition) is 1. The number of nitro groups is 1. The van der Waals surface area contributed by atoms with Crippen LogP contribution in [0, 0.1) is 10.1 Å². The van der Waals surface area contributed by atoms with Gasteiger partial charge in [0.1, 0.15) is 5.75 Å². The summed E-state index contributed by atoms with van der Waals surface area (Å²) in [4.78, 5) is 37.1. The van der Waals surface area contributed by atoms with Crippen LogP contribution in [0.4, 0.5) is 17.1 Å². The molecule has 0 fully saturated rings. The summed E-state index contributed by atoms with van der Waals surface area (Å²) in [6.07, 6.45) is 2.14. The van der Waals surface area contributed by atoms with Crippen LogP contribution in [-0.2, 0) is 16.0 Å². The van der Waals surface area contributed by atoms with Crippen molar-refractivity contribution in [3.63, 3.8) is 0 Å². The zero-order chi connectivity index (χ0) is 21.0. The molecule has 1 aliphatic heterocycles. The highest BCUT2D eigenvalue weighted by Crippen LogP contribution is 2.31. The summed E-state index contributed by atoms with van der Waals surface area (Å²) in [6, 6.07) is 11.0. The summed E-state index contributed by atoms with van der Waals surface area (Å²) in [5.74, 6) is -0.0945. The lowest BCUT2D eigenvalue weighted by molar-refractivity contribution is -0.384. The molecule has 2 aromatic rings. The largest absolute Gasteiger partial charge is 0.483 e. The smallest absolute Gasteiger partial charge is 0.269 e. The van der Waals surface area contributed by atoms with Gasteiger partial charge in [0.2, 0.25) is 5.91 Å². The predicted octanol–water partition coefficient (Wildman–Crippen LogP) is 3.47. The van der Waals surface area contributed by atoms with Crippen molar-refractivity contribution in [1.82, 2.24) is 0 Å². The monoisotopic (exact) mass is 395 g/mol. The Bertz CT molecular complexity index is 973. The van der Waals surface area contributed by atoms with E-state index >= 15 is 0 Å². The molecule has 0 spiro atoms. The van der Waals surface area contributed by atoms with Crippen molar-refractivity contribution in [3.8, 4) is 5.75 Å². The summed E-state index contributed by atoms with van der Waals surface area (Å²) in [7, 11) is 0. The van der Waals surface area contributed by atoms with Gasteiger partial charge < -0.3 is 15.0 Å². The Morgan fingerprint density at radius 3 is 2.86 bits per heavy atom. The van der Waals surface area contributed by atoms with Crippen LogP contribution in [0.25, 0.3) is 0 Å². The summed E-state index contributed by atoms with van der Waals surface area (Å²) in [5.41, 5.74) is 1.69. The first-order valence-electron chi connectivity index (χ1n) is 9.12. The molecule has 8 nitrogen and oxygen atoms in total. The van der Waals surface area contributed by atoms with Crippen molar-refractivity contribution in [3.05, 3.63) is 70.8 Å². The second-order valence-corrected chi connectivity index (χ2v) is 6.71. The number of nitro benzene ring substituents is 1. The van der Waals surface area contributed by atoms with Gasteiger partial charge in [-0.25, -0.2) is 0 Å².